The van der Waals surface area contributed by atoms with Crippen molar-refractivity contribution in [2.45, 2.75) is 13.0 Å². The number of anilines is 1. The average molecular weight is 220 g/mol. The molecule has 0 amide bonds. The van der Waals surface area contributed by atoms with Crippen LogP contribution in [0.2, 0.25) is 0 Å². The van der Waals surface area contributed by atoms with Gasteiger partial charge < -0.3 is 15.5 Å². The fraction of sp³-hybridized carbons (Fsp3) is 0.273. The molecule has 5 nitrogen and oxygen atoms in total. The summed E-state index contributed by atoms with van der Waals surface area (Å²) in [7, 11) is 0. The molecule has 0 aliphatic heterocycles. The quantitative estimate of drug-likeness (QED) is 0.643. The van der Waals surface area contributed by atoms with Crippen LogP contribution >= 0.6 is 0 Å². The van der Waals surface area contributed by atoms with Crippen molar-refractivity contribution in [3.05, 3.63) is 23.5 Å². The molecule has 0 bridgehead atoms. The van der Waals surface area contributed by atoms with E-state index in [2.05, 4.69) is 16.2 Å². The summed E-state index contributed by atoms with van der Waals surface area (Å²) >= 11 is 0. The highest BCUT2D eigenvalue weighted by Gasteiger charge is 2.13. The maximum absolute atomic E-state index is 10.9. The third-order valence-electron chi connectivity index (χ3n) is 1.98. The number of hydrogen-bond acceptors (Lipinski definition) is 4. The number of aliphatic hydroxyl groups excluding tert-OH is 1. The van der Waals surface area contributed by atoms with Crippen molar-refractivity contribution in [1.82, 2.24) is 4.98 Å². The van der Waals surface area contributed by atoms with Gasteiger partial charge in [-0.05, 0) is 13.0 Å². The van der Waals surface area contributed by atoms with E-state index in [0.29, 0.717) is 11.4 Å². The molecule has 0 fully saturated rings. The van der Waals surface area contributed by atoms with Crippen LogP contribution in [0.5, 0.6) is 0 Å². The average Bonchev–Trinajstić information content (AvgIpc) is 2.25. The van der Waals surface area contributed by atoms with E-state index in [4.69, 9.17) is 16.6 Å². The lowest BCUT2D eigenvalue weighted by Crippen LogP contribution is -2.23. The van der Waals surface area contributed by atoms with Crippen molar-refractivity contribution in [1.29, 1.82) is 0 Å². The molecule has 1 atom stereocenters. The minimum atomic E-state index is -1.09. The lowest BCUT2D eigenvalue weighted by atomic mass is 10.2. The Balaban J connectivity index is 3.06. The van der Waals surface area contributed by atoms with Crippen LogP contribution in [-0.4, -0.2) is 33.8 Å². The molecule has 0 saturated carbocycles. The van der Waals surface area contributed by atoms with E-state index in [-0.39, 0.29) is 12.2 Å². The Morgan fingerprint density at radius 2 is 2.44 bits per heavy atom. The molecule has 16 heavy (non-hydrogen) atoms. The molecule has 1 unspecified atom stereocenters. The van der Waals surface area contributed by atoms with Gasteiger partial charge >= 0.3 is 5.97 Å². The van der Waals surface area contributed by atoms with Gasteiger partial charge in [0.15, 0.2) is 0 Å². The molecule has 0 saturated heterocycles. The third kappa shape index (κ3) is 2.72. The SMILES string of the molecule is C#CC(CO)Nc1cc(C)ncc1C(=O)O. The lowest BCUT2D eigenvalue weighted by molar-refractivity contribution is 0.0697. The highest BCUT2D eigenvalue weighted by molar-refractivity contribution is 5.94. The molecule has 1 heterocycles. The number of hydrogen-bond donors (Lipinski definition) is 3. The number of aromatic nitrogens is 1. The predicted molar refractivity (Wildman–Crippen MR) is 59.3 cm³/mol. The number of nitrogens with one attached hydrogen (secondary N) is 1. The first kappa shape index (κ1) is 12.0. The molecule has 0 aromatic carbocycles. The van der Waals surface area contributed by atoms with Crippen LogP contribution in [0.3, 0.4) is 0 Å². The monoisotopic (exact) mass is 220 g/mol. The van der Waals surface area contributed by atoms with Crippen molar-refractivity contribution in [2.75, 3.05) is 11.9 Å². The van der Waals surface area contributed by atoms with Crippen LogP contribution in [0.4, 0.5) is 5.69 Å². The Morgan fingerprint density at radius 3 is 2.94 bits per heavy atom. The molecular formula is C11H12N2O3. The van der Waals surface area contributed by atoms with Gasteiger partial charge in [0.2, 0.25) is 0 Å². The molecule has 1 aromatic rings. The molecule has 0 aliphatic rings. The number of carboxylic acids is 1. The number of rotatable bonds is 4. The van der Waals surface area contributed by atoms with Crippen molar-refractivity contribution in [3.8, 4) is 12.3 Å². The molecule has 1 aromatic heterocycles. The van der Waals surface area contributed by atoms with Crippen LogP contribution in [0, 0.1) is 19.3 Å². The number of nitrogens with zero attached hydrogens (tertiary/aromatic N) is 1. The normalized spacial score (nSPS) is 11.6. The number of aryl methyl sites for hydroxylation is 1. The lowest BCUT2D eigenvalue weighted by Gasteiger charge is -2.14. The van der Waals surface area contributed by atoms with Crippen molar-refractivity contribution in [2.24, 2.45) is 0 Å². The molecular weight excluding hydrogens is 208 g/mol. The Hall–Kier alpha value is -2.06. The smallest absolute Gasteiger partial charge is 0.339 e. The fourth-order valence-electron chi connectivity index (χ4n) is 1.18. The summed E-state index contributed by atoms with van der Waals surface area (Å²) in [6.07, 6.45) is 6.41. The molecule has 0 aliphatic carbocycles. The fourth-order valence-corrected chi connectivity index (χ4v) is 1.18. The zero-order valence-electron chi connectivity index (χ0n) is 8.77. The minimum Gasteiger partial charge on any atom is -0.478 e. The number of carboxylic acid groups (broad SMARTS) is 1. The van der Waals surface area contributed by atoms with E-state index in [1.807, 2.05) is 0 Å². The van der Waals surface area contributed by atoms with Gasteiger partial charge in [-0.2, -0.15) is 0 Å². The topological polar surface area (TPSA) is 82.5 Å². The van der Waals surface area contributed by atoms with E-state index in [1.54, 1.807) is 13.0 Å². The maximum Gasteiger partial charge on any atom is 0.339 e. The van der Waals surface area contributed by atoms with E-state index in [1.165, 1.54) is 6.20 Å². The van der Waals surface area contributed by atoms with Crippen LogP contribution in [0.1, 0.15) is 16.1 Å². The highest BCUT2D eigenvalue weighted by Crippen LogP contribution is 2.16. The second kappa shape index (κ2) is 5.14. The Kier molecular flexibility index (Phi) is 3.86. The molecule has 1 rings (SSSR count). The number of terminal acetylenes is 1. The van der Waals surface area contributed by atoms with Gasteiger partial charge in [0, 0.05) is 11.9 Å². The van der Waals surface area contributed by atoms with Gasteiger partial charge in [0.25, 0.3) is 0 Å². The van der Waals surface area contributed by atoms with E-state index < -0.39 is 12.0 Å². The summed E-state index contributed by atoms with van der Waals surface area (Å²) in [5, 5.41) is 20.6. The van der Waals surface area contributed by atoms with E-state index >= 15 is 0 Å². The van der Waals surface area contributed by atoms with Crippen LogP contribution in [0.15, 0.2) is 12.3 Å². The van der Waals surface area contributed by atoms with Gasteiger partial charge in [-0.3, -0.25) is 4.98 Å². The molecule has 0 spiro atoms. The standard InChI is InChI=1S/C11H12N2O3/c1-3-8(6-14)13-10-4-7(2)12-5-9(10)11(15)16/h1,4-5,8,14H,6H2,2H3,(H,12,13)(H,15,16). The third-order valence-corrected chi connectivity index (χ3v) is 1.98. The number of carbonyl (C=O) groups is 1. The van der Waals surface area contributed by atoms with Crippen molar-refractivity contribution >= 4 is 11.7 Å². The number of aromatic carboxylic acids is 1. The summed E-state index contributed by atoms with van der Waals surface area (Å²) in [6, 6.07) is 0.962. The van der Waals surface area contributed by atoms with E-state index in [9.17, 15) is 4.79 Å². The zero-order valence-corrected chi connectivity index (χ0v) is 8.77. The second-order valence-electron chi connectivity index (χ2n) is 3.22. The summed E-state index contributed by atoms with van der Waals surface area (Å²) in [6.45, 7) is 1.47. The Morgan fingerprint density at radius 1 is 1.75 bits per heavy atom. The second-order valence-corrected chi connectivity index (χ2v) is 3.22. The van der Waals surface area contributed by atoms with E-state index in [0.717, 1.165) is 0 Å². The van der Waals surface area contributed by atoms with Crippen molar-refractivity contribution < 1.29 is 15.0 Å². The summed E-state index contributed by atoms with van der Waals surface area (Å²) in [5.74, 6) is 1.22. The summed E-state index contributed by atoms with van der Waals surface area (Å²) in [5.41, 5.74) is 1.05. The molecule has 5 heteroatoms. The van der Waals surface area contributed by atoms with Gasteiger partial charge in [0.1, 0.15) is 11.6 Å². The maximum atomic E-state index is 10.9. The molecule has 3 N–H and O–H groups in total. The minimum absolute atomic E-state index is 0.0271. The largest absolute Gasteiger partial charge is 0.478 e. The first-order chi connectivity index (χ1) is 7.58. The summed E-state index contributed by atoms with van der Waals surface area (Å²) in [4.78, 5) is 14.8. The number of aliphatic hydroxyl groups is 1. The van der Waals surface area contributed by atoms with Gasteiger partial charge in [-0.25, -0.2) is 4.79 Å². The predicted octanol–water partition coefficient (Wildman–Crippen LogP) is 0.494. The van der Waals surface area contributed by atoms with Crippen LogP contribution in [-0.2, 0) is 0 Å². The van der Waals surface area contributed by atoms with Gasteiger partial charge in [-0.15, -0.1) is 6.42 Å². The van der Waals surface area contributed by atoms with Crippen LogP contribution < -0.4 is 5.32 Å². The highest BCUT2D eigenvalue weighted by atomic mass is 16.4. The van der Waals surface area contributed by atoms with Gasteiger partial charge in [-0.1, -0.05) is 5.92 Å². The zero-order chi connectivity index (χ0) is 12.1. The van der Waals surface area contributed by atoms with Gasteiger partial charge in [0.05, 0.1) is 12.3 Å². The number of pyridine rings is 1. The first-order valence-electron chi connectivity index (χ1n) is 4.62. The molecule has 84 valence electrons. The Bertz CT molecular complexity index is 437. The van der Waals surface area contributed by atoms with Crippen molar-refractivity contribution in [3.63, 3.8) is 0 Å². The van der Waals surface area contributed by atoms with Crippen LogP contribution in [0.25, 0.3) is 0 Å². The molecule has 0 radical (unpaired) electrons. The summed E-state index contributed by atoms with van der Waals surface area (Å²) < 4.78 is 0. The Labute approximate surface area is 93.1 Å². The first-order valence-corrected chi connectivity index (χ1v) is 4.62.